The fourth-order valence-electron chi connectivity index (χ4n) is 3.79. The molecule has 25 heavy (non-hydrogen) atoms. The lowest BCUT2D eigenvalue weighted by Gasteiger charge is -2.30. The molecule has 0 aliphatic heterocycles. The van der Waals surface area contributed by atoms with Crippen molar-refractivity contribution in [2.24, 2.45) is 5.73 Å². The molecule has 2 N–H and O–H groups in total. The van der Waals surface area contributed by atoms with Gasteiger partial charge in [0.2, 0.25) is 0 Å². The second kappa shape index (κ2) is 20.7. The first-order valence-electron chi connectivity index (χ1n) is 11.5. The van der Waals surface area contributed by atoms with Crippen LogP contribution in [-0.2, 0) is 0 Å². The van der Waals surface area contributed by atoms with E-state index < -0.39 is 0 Å². The van der Waals surface area contributed by atoms with E-state index in [0.717, 1.165) is 0 Å². The smallest absolute Gasteiger partial charge is 0.0154 e. The van der Waals surface area contributed by atoms with Gasteiger partial charge in [-0.2, -0.15) is 0 Å². The van der Waals surface area contributed by atoms with Crippen molar-refractivity contribution in [1.82, 2.24) is 0 Å². The summed E-state index contributed by atoms with van der Waals surface area (Å²) in [6.45, 7) is 6.88. The van der Waals surface area contributed by atoms with Crippen molar-refractivity contribution < 1.29 is 0 Å². The van der Waals surface area contributed by atoms with Crippen molar-refractivity contribution in [3.8, 4) is 0 Å². The SMILES string of the molecule is Br.CCCCCCCCC(N)(CCCCCCC)CCCCCCC. The molecule has 0 aliphatic carbocycles. The number of nitrogens with two attached hydrogens (primary N) is 1. The summed E-state index contributed by atoms with van der Waals surface area (Å²) in [7, 11) is 0. The van der Waals surface area contributed by atoms with Gasteiger partial charge in [-0.1, -0.05) is 124 Å². The Morgan fingerprint density at radius 1 is 0.440 bits per heavy atom. The highest BCUT2D eigenvalue weighted by Crippen LogP contribution is 2.26. The molecule has 0 aromatic heterocycles. The average Bonchev–Trinajstić information content (AvgIpc) is 2.58. The Hall–Kier alpha value is 0.440. The molecular formula is C23H50BrN. The van der Waals surface area contributed by atoms with E-state index in [1.54, 1.807) is 0 Å². The van der Waals surface area contributed by atoms with Crippen LogP contribution in [0, 0.1) is 0 Å². The highest BCUT2D eigenvalue weighted by molar-refractivity contribution is 8.93. The number of hydrogen-bond donors (Lipinski definition) is 1. The van der Waals surface area contributed by atoms with Crippen LogP contribution >= 0.6 is 17.0 Å². The minimum Gasteiger partial charge on any atom is -0.325 e. The van der Waals surface area contributed by atoms with Gasteiger partial charge in [-0.05, 0) is 19.3 Å². The third-order valence-electron chi connectivity index (χ3n) is 5.58. The van der Waals surface area contributed by atoms with Gasteiger partial charge in [0.15, 0.2) is 0 Å². The van der Waals surface area contributed by atoms with Gasteiger partial charge in [-0.15, -0.1) is 17.0 Å². The number of hydrogen-bond acceptors (Lipinski definition) is 1. The normalized spacial score (nSPS) is 11.5. The first-order valence-corrected chi connectivity index (χ1v) is 11.5. The summed E-state index contributed by atoms with van der Waals surface area (Å²) in [5, 5.41) is 0. The second-order valence-electron chi connectivity index (χ2n) is 8.21. The van der Waals surface area contributed by atoms with Gasteiger partial charge < -0.3 is 5.73 Å². The molecule has 0 fully saturated rings. The molecule has 0 atom stereocenters. The van der Waals surface area contributed by atoms with Crippen LogP contribution in [0.25, 0.3) is 0 Å². The van der Waals surface area contributed by atoms with Crippen LogP contribution in [0.15, 0.2) is 0 Å². The lowest BCUT2D eigenvalue weighted by atomic mass is 9.82. The van der Waals surface area contributed by atoms with Gasteiger partial charge in [-0.3, -0.25) is 0 Å². The average molecular weight is 421 g/mol. The molecule has 0 spiro atoms. The molecule has 0 aliphatic rings. The van der Waals surface area contributed by atoms with E-state index in [2.05, 4.69) is 20.8 Å². The molecule has 0 aromatic carbocycles. The van der Waals surface area contributed by atoms with Crippen molar-refractivity contribution in [3.63, 3.8) is 0 Å². The number of halogens is 1. The molecule has 0 amide bonds. The molecule has 0 heterocycles. The van der Waals surface area contributed by atoms with Crippen molar-refractivity contribution in [2.45, 2.75) is 148 Å². The fourth-order valence-corrected chi connectivity index (χ4v) is 3.79. The maximum Gasteiger partial charge on any atom is 0.0154 e. The summed E-state index contributed by atoms with van der Waals surface area (Å²) >= 11 is 0. The van der Waals surface area contributed by atoms with Gasteiger partial charge in [0.25, 0.3) is 0 Å². The Balaban J connectivity index is 0. The van der Waals surface area contributed by atoms with E-state index in [4.69, 9.17) is 5.73 Å². The topological polar surface area (TPSA) is 26.0 Å². The Labute approximate surface area is 171 Å². The van der Waals surface area contributed by atoms with Crippen LogP contribution in [-0.4, -0.2) is 5.54 Å². The van der Waals surface area contributed by atoms with E-state index >= 15 is 0 Å². The molecule has 0 saturated heterocycles. The van der Waals surface area contributed by atoms with Gasteiger partial charge in [0.1, 0.15) is 0 Å². The Morgan fingerprint density at radius 2 is 0.680 bits per heavy atom. The summed E-state index contributed by atoms with van der Waals surface area (Å²) in [5.41, 5.74) is 7.01. The highest BCUT2D eigenvalue weighted by Gasteiger charge is 2.23. The largest absolute Gasteiger partial charge is 0.325 e. The van der Waals surface area contributed by atoms with E-state index in [1.165, 1.54) is 122 Å². The molecule has 154 valence electrons. The van der Waals surface area contributed by atoms with Crippen LogP contribution in [0.1, 0.15) is 143 Å². The lowest BCUT2D eigenvalue weighted by molar-refractivity contribution is 0.303. The van der Waals surface area contributed by atoms with Crippen molar-refractivity contribution in [3.05, 3.63) is 0 Å². The van der Waals surface area contributed by atoms with Crippen LogP contribution in [0.3, 0.4) is 0 Å². The number of unbranched alkanes of at least 4 members (excludes halogenated alkanes) is 13. The monoisotopic (exact) mass is 419 g/mol. The lowest BCUT2D eigenvalue weighted by Crippen LogP contribution is -2.39. The van der Waals surface area contributed by atoms with Gasteiger partial charge >= 0.3 is 0 Å². The van der Waals surface area contributed by atoms with Crippen LogP contribution in [0.4, 0.5) is 0 Å². The molecule has 0 saturated carbocycles. The van der Waals surface area contributed by atoms with Crippen LogP contribution < -0.4 is 5.73 Å². The Morgan fingerprint density at radius 3 is 0.960 bits per heavy atom. The third kappa shape index (κ3) is 19.0. The zero-order chi connectivity index (χ0) is 17.9. The zero-order valence-corrected chi connectivity index (χ0v) is 19.6. The van der Waals surface area contributed by atoms with E-state index in [0.29, 0.717) is 0 Å². The Bertz CT molecular complexity index is 228. The van der Waals surface area contributed by atoms with Crippen molar-refractivity contribution >= 4 is 17.0 Å². The van der Waals surface area contributed by atoms with Gasteiger partial charge in [0.05, 0.1) is 0 Å². The van der Waals surface area contributed by atoms with Crippen LogP contribution in [0.2, 0.25) is 0 Å². The first kappa shape index (κ1) is 27.7. The number of rotatable bonds is 19. The zero-order valence-electron chi connectivity index (χ0n) is 17.9. The summed E-state index contributed by atoms with van der Waals surface area (Å²) in [6.07, 6.45) is 25.9. The quantitative estimate of drug-likeness (QED) is 0.208. The van der Waals surface area contributed by atoms with Crippen LogP contribution in [0.5, 0.6) is 0 Å². The summed E-state index contributed by atoms with van der Waals surface area (Å²) < 4.78 is 0. The maximum atomic E-state index is 6.87. The summed E-state index contributed by atoms with van der Waals surface area (Å²) in [4.78, 5) is 0. The standard InChI is InChI=1S/C23H49N.BrH/c1-4-7-10-13-16-19-22-23(24,20-17-14-11-8-5-2)21-18-15-12-9-6-3;/h4-22,24H2,1-3H3;1H. The third-order valence-corrected chi connectivity index (χ3v) is 5.58. The molecule has 2 heteroatoms. The van der Waals surface area contributed by atoms with Crippen molar-refractivity contribution in [1.29, 1.82) is 0 Å². The Kier molecular flexibility index (Phi) is 23.0. The second-order valence-corrected chi connectivity index (χ2v) is 8.21. The van der Waals surface area contributed by atoms with Gasteiger partial charge in [0, 0.05) is 5.54 Å². The molecule has 0 unspecified atom stereocenters. The fraction of sp³-hybridized carbons (Fsp3) is 1.00. The highest BCUT2D eigenvalue weighted by atomic mass is 79.9. The predicted octanol–water partition coefficient (Wildman–Crippen LogP) is 8.73. The summed E-state index contributed by atoms with van der Waals surface area (Å²) in [6, 6.07) is 0. The van der Waals surface area contributed by atoms with Gasteiger partial charge in [-0.25, -0.2) is 0 Å². The van der Waals surface area contributed by atoms with Crippen molar-refractivity contribution in [2.75, 3.05) is 0 Å². The predicted molar refractivity (Wildman–Crippen MR) is 122 cm³/mol. The molecule has 0 bridgehead atoms. The molecular weight excluding hydrogens is 370 g/mol. The van der Waals surface area contributed by atoms with E-state index in [1.807, 2.05) is 0 Å². The minimum absolute atomic E-state index is 0. The minimum atomic E-state index is 0. The molecule has 0 rings (SSSR count). The van der Waals surface area contributed by atoms with E-state index in [9.17, 15) is 0 Å². The molecule has 0 aromatic rings. The first-order chi connectivity index (χ1) is 11.7. The van der Waals surface area contributed by atoms with E-state index in [-0.39, 0.29) is 22.5 Å². The molecule has 1 nitrogen and oxygen atoms in total. The maximum absolute atomic E-state index is 6.87. The molecule has 0 radical (unpaired) electrons. The summed E-state index contributed by atoms with van der Waals surface area (Å²) in [5.74, 6) is 0.